The van der Waals surface area contributed by atoms with Gasteiger partial charge in [-0.15, -0.1) is 0 Å². The Kier molecular flexibility index (Phi) is 4.98. The first-order valence-corrected chi connectivity index (χ1v) is 7.72. The van der Waals surface area contributed by atoms with Crippen LogP contribution in [0.5, 0.6) is 0 Å². The zero-order chi connectivity index (χ0) is 17.1. The van der Waals surface area contributed by atoms with E-state index in [1.807, 2.05) is 26.8 Å². The number of carbonyl (C=O) groups is 2. The van der Waals surface area contributed by atoms with Gasteiger partial charge in [0.15, 0.2) is 5.65 Å². The van der Waals surface area contributed by atoms with Gasteiger partial charge in [-0.1, -0.05) is 19.8 Å². The maximum atomic E-state index is 12.6. The van der Waals surface area contributed by atoms with E-state index < -0.39 is 17.9 Å². The van der Waals surface area contributed by atoms with Crippen molar-refractivity contribution >= 4 is 17.5 Å². The second-order valence-corrected chi connectivity index (χ2v) is 5.74. The van der Waals surface area contributed by atoms with Gasteiger partial charge in [0.05, 0.1) is 5.69 Å². The lowest BCUT2D eigenvalue weighted by atomic mass is 10.1. The largest absolute Gasteiger partial charge is 0.480 e. The number of carbonyl (C=O) groups excluding carboxylic acids is 1. The van der Waals surface area contributed by atoms with Crippen molar-refractivity contribution in [1.82, 2.24) is 19.9 Å². The molecule has 0 spiro atoms. The normalized spacial score (nSPS) is 12.3. The molecule has 23 heavy (non-hydrogen) atoms. The van der Waals surface area contributed by atoms with Crippen molar-refractivity contribution in [2.45, 2.75) is 53.0 Å². The van der Waals surface area contributed by atoms with E-state index in [4.69, 9.17) is 0 Å². The highest BCUT2D eigenvalue weighted by atomic mass is 16.4. The maximum absolute atomic E-state index is 12.6. The molecule has 1 atom stereocenters. The molecular formula is C16H22N4O3. The van der Waals surface area contributed by atoms with E-state index >= 15 is 0 Å². The lowest BCUT2D eigenvalue weighted by molar-refractivity contribution is -0.139. The minimum absolute atomic E-state index is 0.333. The van der Waals surface area contributed by atoms with Crippen LogP contribution in [0, 0.1) is 20.8 Å². The van der Waals surface area contributed by atoms with E-state index in [-0.39, 0.29) is 0 Å². The summed E-state index contributed by atoms with van der Waals surface area (Å²) in [4.78, 5) is 28.3. The number of hydrogen-bond acceptors (Lipinski definition) is 4. The Morgan fingerprint density at radius 1 is 1.35 bits per heavy atom. The number of carboxylic acids is 1. The van der Waals surface area contributed by atoms with Crippen LogP contribution in [0.2, 0.25) is 0 Å². The van der Waals surface area contributed by atoms with Gasteiger partial charge in [-0.2, -0.15) is 5.10 Å². The third-order valence-electron chi connectivity index (χ3n) is 3.75. The summed E-state index contributed by atoms with van der Waals surface area (Å²) in [5, 5.41) is 16.2. The van der Waals surface area contributed by atoms with Crippen LogP contribution in [0.1, 0.15) is 53.6 Å². The molecule has 1 unspecified atom stereocenters. The smallest absolute Gasteiger partial charge is 0.326 e. The van der Waals surface area contributed by atoms with Crippen molar-refractivity contribution in [2.75, 3.05) is 0 Å². The van der Waals surface area contributed by atoms with Crippen LogP contribution in [0.4, 0.5) is 0 Å². The van der Waals surface area contributed by atoms with E-state index in [0.29, 0.717) is 23.3 Å². The Balaban J connectivity index is 2.37. The van der Waals surface area contributed by atoms with Gasteiger partial charge >= 0.3 is 5.97 Å². The van der Waals surface area contributed by atoms with Crippen molar-refractivity contribution in [2.24, 2.45) is 0 Å². The fourth-order valence-electron chi connectivity index (χ4n) is 2.59. The highest BCUT2D eigenvalue weighted by Gasteiger charge is 2.25. The minimum Gasteiger partial charge on any atom is -0.480 e. The maximum Gasteiger partial charge on any atom is 0.326 e. The molecule has 0 saturated carbocycles. The Bertz CT molecular complexity index is 751. The number of amides is 1. The lowest BCUT2D eigenvalue weighted by Crippen LogP contribution is -2.41. The first kappa shape index (κ1) is 16.9. The summed E-state index contributed by atoms with van der Waals surface area (Å²) in [7, 11) is 0. The van der Waals surface area contributed by atoms with Gasteiger partial charge in [0.1, 0.15) is 11.6 Å². The van der Waals surface area contributed by atoms with Gasteiger partial charge in [0, 0.05) is 11.4 Å². The van der Waals surface area contributed by atoms with Crippen molar-refractivity contribution < 1.29 is 14.7 Å². The van der Waals surface area contributed by atoms with Crippen molar-refractivity contribution in [3.05, 3.63) is 28.7 Å². The summed E-state index contributed by atoms with van der Waals surface area (Å²) >= 11 is 0. The van der Waals surface area contributed by atoms with Crippen LogP contribution in [0.15, 0.2) is 6.07 Å². The number of unbranched alkanes of at least 4 members (excludes halogenated alkanes) is 1. The van der Waals surface area contributed by atoms with Crippen LogP contribution < -0.4 is 5.32 Å². The Labute approximate surface area is 134 Å². The molecule has 0 bridgehead atoms. The molecule has 7 heteroatoms. The minimum atomic E-state index is -1.03. The number of fused-ring (bicyclic) bond motifs is 1. The summed E-state index contributed by atoms with van der Waals surface area (Å²) < 4.78 is 1.61. The van der Waals surface area contributed by atoms with Crippen LogP contribution >= 0.6 is 0 Å². The average molecular weight is 318 g/mol. The molecule has 1 amide bonds. The highest BCUT2D eigenvalue weighted by molar-refractivity contribution is 6.02. The van der Waals surface area contributed by atoms with Crippen molar-refractivity contribution in [1.29, 1.82) is 0 Å². The molecule has 7 nitrogen and oxygen atoms in total. The first-order chi connectivity index (χ1) is 10.8. The highest BCUT2D eigenvalue weighted by Crippen LogP contribution is 2.16. The Hall–Kier alpha value is -2.44. The van der Waals surface area contributed by atoms with Crippen molar-refractivity contribution in [3.8, 4) is 0 Å². The summed E-state index contributed by atoms with van der Waals surface area (Å²) in [6, 6.07) is 0.977. The number of rotatable bonds is 6. The standard InChI is InChI=1S/C16H22N4O3/c1-5-6-7-12(16(22)23)18-15(21)13-11(4)19-20-10(3)8-9(2)17-14(13)20/h8,12H,5-7H2,1-4H3,(H,18,21)(H,22,23). The SMILES string of the molecule is CCCCC(NC(=O)c1c(C)nn2c(C)cc(C)nc12)C(=O)O. The summed E-state index contributed by atoms with van der Waals surface area (Å²) in [6.45, 7) is 7.43. The summed E-state index contributed by atoms with van der Waals surface area (Å²) in [5.41, 5.74) is 2.97. The Morgan fingerprint density at radius 2 is 2.04 bits per heavy atom. The van der Waals surface area contributed by atoms with Crippen molar-refractivity contribution in [3.63, 3.8) is 0 Å². The molecule has 2 rings (SSSR count). The third kappa shape index (κ3) is 3.49. The molecule has 0 aromatic carbocycles. The van der Waals surface area contributed by atoms with Gasteiger partial charge < -0.3 is 10.4 Å². The predicted molar refractivity (Wildman–Crippen MR) is 85.6 cm³/mol. The predicted octanol–water partition coefficient (Wildman–Crippen LogP) is 2.03. The number of nitrogens with one attached hydrogen (secondary N) is 1. The van der Waals surface area contributed by atoms with Gasteiger partial charge in [-0.25, -0.2) is 14.3 Å². The molecule has 2 aromatic heterocycles. The average Bonchev–Trinajstić information content (AvgIpc) is 2.79. The Morgan fingerprint density at radius 3 is 2.65 bits per heavy atom. The monoisotopic (exact) mass is 318 g/mol. The van der Waals surface area contributed by atoms with Gasteiger partial charge in [0.25, 0.3) is 5.91 Å². The number of nitrogens with zero attached hydrogens (tertiary/aromatic N) is 3. The number of carboxylic acid groups (broad SMARTS) is 1. The van der Waals surface area contributed by atoms with E-state index in [1.165, 1.54) is 0 Å². The third-order valence-corrected chi connectivity index (χ3v) is 3.75. The van der Waals surface area contributed by atoms with Crippen LogP contribution in [0.25, 0.3) is 5.65 Å². The first-order valence-electron chi connectivity index (χ1n) is 7.72. The number of aliphatic carboxylic acids is 1. The van der Waals surface area contributed by atoms with E-state index in [9.17, 15) is 14.7 Å². The molecule has 0 aliphatic heterocycles. The second-order valence-electron chi connectivity index (χ2n) is 5.74. The van der Waals surface area contributed by atoms with E-state index in [2.05, 4.69) is 15.4 Å². The zero-order valence-electron chi connectivity index (χ0n) is 13.9. The summed E-state index contributed by atoms with van der Waals surface area (Å²) in [5.74, 6) is -1.47. The topological polar surface area (TPSA) is 96.6 Å². The van der Waals surface area contributed by atoms with Crippen LogP contribution in [0.3, 0.4) is 0 Å². The molecule has 0 saturated heterocycles. The molecule has 2 aromatic rings. The fourth-order valence-corrected chi connectivity index (χ4v) is 2.59. The van der Waals surface area contributed by atoms with Gasteiger partial charge in [0.2, 0.25) is 0 Å². The molecule has 2 heterocycles. The van der Waals surface area contributed by atoms with E-state index in [0.717, 1.165) is 24.2 Å². The van der Waals surface area contributed by atoms with Gasteiger partial charge in [-0.05, 0) is 33.3 Å². The second kappa shape index (κ2) is 6.76. The molecule has 0 radical (unpaired) electrons. The van der Waals surface area contributed by atoms with Crippen LogP contribution in [-0.4, -0.2) is 37.6 Å². The summed E-state index contributed by atoms with van der Waals surface area (Å²) in [6.07, 6.45) is 2.01. The van der Waals surface area contributed by atoms with Crippen LogP contribution in [-0.2, 0) is 4.79 Å². The molecule has 0 aliphatic carbocycles. The quantitative estimate of drug-likeness (QED) is 0.849. The fraction of sp³-hybridized carbons (Fsp3) is 0.500. The zero-order valence-corrected chi connectivity index (χ0v) is 13.9. The number of aryl methyl sites for hydroxylation is 3. The van der Waals surface area contributed by atoms with Gasteiger partial charge in [-0.3, -0.25) is 4.79 Å². The van der Waals surface area contributed by atoms with E-state index in [1.54, 1.807) is 11.4 Å². The molecule has 0 aliphatic rings. The number of aromatic nitrogens is 3. The molecular weight excluding hydrogens is 296 g/mol. The molecule has 0 fully saturated rings. The lowest BCUT2D eigenvalue weighted by Gasteiger charge is -2.13. The molecule has 2 N–H and O–H groups in total. The number of hydrogen-bond donors (Lipinski definition) is 2. The molecule has 124 valence electrons.